The molecule has 0 saturated carbocycles. The number of nitrogens with zero attached hydrogens (tertiary/aromatic N) is 4. The van der Waals surface area contributed by atoms with Crippen LogP contribution in [-0.4, -0.2) is 75.0 Å². The van der Waals surface area contributed by atoms with Crippen LogP contribution < -0.4 is 14.4 Å². The number of morpholine rings is 1. The number of nitrogens with one attached hydrogen (secondary N) is 1. The second-order valence-corrected chi connectivity index (χ2v) is 9.34. The molecular weight excluding hydrogens is 463 g/mol. The molecule has 0 spiro atoms. The summed E-state index contributed by atoms with van der Waals surface area (Å²) in [7, 11) is -3.70. The molecule has 1 aromatic heterocycles. The molecule has 4 rings (SSSR count). The van der Waals surface area contributed by atoms with E-state index in [1.54, 1.807) is 24.4 Å². The summed E-state index contributed by atoms with van der Waals surface area (Å²) in [5.41, 5.74) is 1.68. The summed E-state index contributed by atoms with van der Waals surface area (Å²) >= 11 is 0. The summed E-state index contributed by atoms with van der Waals surface area (Å²) in [6, 6.07) is 9.29. The van der Waals surface area contributed by atoms with Crippen LogP contribution in [0.4, 0.5) is 24.7 Å². The average Bonchev–Trinajstić information content (AvgIpc) is 3.22. The second-order valence-electron chi connectivity index (χ2n) is 7.67. The number of pyridine rings is 1. The van der Waals surface area contributed by atoms with Crippen LogP contribution in [0.2, 0.25) is 0 Å². The lowest BCUT2D eigenvalue weighted by Crippen LogP contribution is -2.43. The van der Waals surface area contributed by atoms with Gasteiger partial charge in [-0.05, 0) is 42.0 Å². The molecule has 2 saturated heterocycles. The van der Waals surface area contributed by atoms with Gasteiger partial charge >= 0.3 is 16.6 Å². The van der Waals surface area contributed by atoms with Gasteiger partial charge in [0.2, 0.25) is 0 Å². The van der Waals surface area contributed by atoms with Gasteiger partial charge < -0.3 is 14.4 Å². The molecular formula is C20H24F3N5O4S. The Bertz CT molecular complexity index is 1050. The SMILES string of the molecule is O=S(=O)(Nc1cc(CN2CCN(c3ccc(OC(F)(F)F)cc3)C2)ccn1)N1CCOCC1. The first-order valence-electron chi connectivity index (χ1n) is 10.3. The highest BCUT2D eigenvalue weighted by molar-refractivity contribution is 7.90. The van der Waals surface area contributed by atoms with Gasteiger partial charge in [-0.25, -0.2) is 4.98 Å². The maximum Gasteiger partial charge on any atom is 0.573 e. The van der Waals surface area contributed by atoms with Crippen molar-refractivity contribution in [3.63, 3.8) is 0 Å². The number of anilines is 2. The molecule has 2 aromatic rings. The number of hydrogen-bond acceptors (Lipinski definition) is 7. The third kappa shape index (κ3) is 6.47. The van der Waals surface area contributed by atoms with Crippen LogP contribution in [0.25, 0.3) is 0 Å². The molecule has 180 valence electrons. The summed E-state index contributed by atoms with van der Waals surface area (Å²) < 4.78 is 75.0. The maximum atomic E-state index is 12.5. The summed E-state index contributed by atoms with van der Waals surface area (Å²) in [4.78, 5) is 8.31. The Morgan fingerprint density at radius 3 is 2.48 bits per heavy atom. The molecule has 0 radical (unpaired) electrons. The Labute approximate surface area is 189 Å². The monoisotopic (exact) mass is 487 g/mol. The first-order chi connectivity index (χ1) is 15.7. The van der Waals surface area contributed by atoms with Crippen molar-refractivity contribution < 1.29 is 31.1 Å². The topological polar surface area (TPSA) is 87.2 Å². The number of aromatic nitrogens is 1. The van der Waals surface area contributed by atoms with Crippen LogP contribution in [-0.2, 0) is 21.5 Å². The van der Waals surface area contributed by atoms with E-state index in [0.29, 0.717) is 46.1 Å². The Morgan fingerprint density at radius 2 is 1.79 bits per heavy atom. The van der Waals surface area contributed by atoms with Crippen molar-refractivity contribution >= 4 is 21.7 Å². The van der Waals surface area contributed by atoms with Crippen LogP contribution in [0, 0.1) is 0 Å². The van der Waals surface area contributed by atoms with Crippen LogP contribution in [0.1, 0.15) is 5.56 Å². The molecule has 2 aliphatic heterocycles. The smallest absolute Gasteiger partial charge is 0.406 e. The quantitative estimate of drug-likeness (QED) is 0.641. The fourth-order valence-corrected chi connectivity index (χ4v) is 4.85. The predicted octanol–water partition coefficient (Wildman–Crippen LogP) is 2.25. The minimum absolute atomic E-state index is 0.246. The Morgan fingerprint density at radius 1 is 1.06 bits per heavy atom. The zero-order chi connectivity index (χ0) is 23.5. The minimum atomic E-state index is -4.72. The minimum Gasteiger partial charge on any atom is -0.406 e. The second kappa shape index (κ2) is 9.71. The van der Waals surface area contributed by atoms with E-state index in [1.165, 1.54) is 16.4 Å². The molecule has 0 amide bonds. The lowest BCUT2D eigenvalue weighted by molar-refractivity contribution is -0.274. The van der Waals surface area contributed by atoms with Gasteiger partial charge in [-0.1, -0.05) is 0 Å². The molecule has 33 heavy (non-hydrogen) atoms. The third-order valence-corrected chi connectivity index (χ3v) is 6.78. The first-order valence-corrected chi connectivity index (χ1v) is 11.8. The highest BCUT2D eigenvalue weighted by Crippen LogP contribution is 2.27. The average molecular weight is 488 g/mol. The highest BCUT2D eigenvalue weighted by atomic mass is 32.2. The van der Waals surface area contributed by atoms with E-state index in [9.17, 15) is 21.6 Å². The van der Waals surface area contributed by atoms with Gasteiger partial charge in [0.15, 0.2) is 0 Å². The number of rotatable bonds is 7. The van der Waals surface area contributed by atoms with E-state index in [4.69, 9.17) is 4.74 Å². The van der Waals surface area contributed by atoms with E-state index < -0.39 is 16.6 Å². The van der Waals surface area contributed by atoms with Crippen LogP contribution in [0.5, 0.6) is 5.75 Å². The first kappa shape index (κ1) is 23.5. The fraction of sp³-hybridized carbons (Fsp3) is 0.450. The lowest BCUT2D eigenvalue weighted by Gasteiger charge is -2.26. The van der Waals surface area contributed by atoms with Gasteiger partial charge in [0.05, 0.1) is 19.9 Å². The summed E-state index contributed by atoms with van der Waals surface area (Å²) in [6.07, 6.45) is -3.16. The van der Waals surface area contributed by atoms with E-state index in [0.717, 1.165) is 17.8 Å². The van der Waals surface area contributed by atoms with Crippen LogP contribution in [0.3, 0.4) is 0 Å². The standard InChI is InChI=1S/C20H24F3N5O4S/c21-20(22,23)32-18-3-1-17(2-4-18)27-8-7-26(15-27)14-16-5-6-24-19(13-16)25-33(29,30)28-9-11-31-12-10-28/h1-6,13H,7-12,14-15H2,(H,24,25). The van der Waals surface area contributed by atoms with Crippen molar-refractivity contribution in [2.24, 2.45) is 0 Å². The van der Waals surface area contributed by atoms with E-state index in [2.05, 4.69) is 19.3 Å². The molecule has 1 N–H and O–H groups in total. The molecule has 9 nitrogen and oxygen atoms in total. The van der Waals surface area contributed by atoms with Gasteiger partial charge in [0, 0.05) is 44.6 Å². The highest BCUT2D eigenvalue weighted by Gasteiger charge is 2.31. The predicted molar refractivity (Wildman–Crippen MR) is 115 cm³/mol. The molecule has 13 heteroatoms. The zero-order valence-corrected chi connectivity index (χ0v) is 18.5. The maximum absolute atomic E-state index is 12.5. The Balaban J connectivity index is 1.34. The van der Waals surface area contributed by atoms with E-state index >= 15 is 0 Å². The van der Waals surface area contributed by atoms with Gasteiger partial charge in [-0.3, -0.25) is 9.62 Å². The van der Waals surface area contributed by atoms with Crippen molar-refractivity contribution in [1.29, 1.82) is 0 Å². The molecule has 0 unspecified atom stereocenters. The summed E-state index contributed by atoms with van der Waals surface area (Å²) in [5.74, 6) is -0.0125. The largest absolute Gasteiger partial charge is 0.573 e. The molecule has 2 aliphatic rings. The number of ether oxygens (including phenoxy) is 2. The molecule has 0 aliphatic carbocycles. The number of halogens is 3. The van der Waals surface area contributed by atoms with E-state index in [1.807, 2.05) is 11.0 Å². The van der Waals surface area contributed by atoms with Crippen molar-refractivity contribution in [2.45, 2.75) is 12.9 Å². The third-order valence-electron chi connectivity index (χ3n) is 5.27. The van der Waals surface area contributed by atoms with E-state index in [-0.39, 0.29) is 11.6 Å². The van der Waals surface area contributed by atoms with Crippen molar-refractivity contribution in [3.05, 3.63) is 48.2 Å². The Kier molecular flexibility index (Phi) is 6.93. The molecule has 1 aromatic carbocycles. The molecule has 3 heterocycles. The number of hydrogen-bond donors (Lipinski definition) is 1. The molecule has 0 atom stereocenters. The molecule has 0 bridgehead atoms. The number of alkyl halides is 3. The lowest BCUT2D eigenvalue weighted by atomic mass is 10.2. The summed E-state index contributed by atoms with van der Waals surface area (Å²) in [5, 5.41) is 0. The van der Waals surface area contributed by atoms with Crippen LogP contribution in [0.15, 0.2) is 42.6 Å². The zero-order valence-electron chi connectivity index (χ0n) is 17.7. The van der Waals surface area contributed by atoms with Crippen LogP contribution >= 0.6 is 0 Å². The normalized spacial score (nSPS) is 18.5. The van der Waals surface area contributed by atoms with Gasteiger partial charge in [0.25, 0.3) is 0 Å². The summed E-state index contributed by atoms with van der Waals surface area (Å²) in [6.45, 7) is 3.91. The van der Waals surface area contributed by atoms with Crippen molar-refractivity contribution in [1.82, 2.24) is 14.2 Å². The van der Waals surface area contributed by atoms with Crippen molar-refractivity contribution in [3.8, 4) is 5.75 Å². The van der Waals surface area contributed by atoms with Gasteiger partial charge in [-0.15, -0.1) is 13.2 Å². The van der Waals surface area contributed by atoms with Crippen molar-refractivity contribution in [2.75, 3.05) is 55.7 Å². The Hall–Kier alpha value is -2.61. The van der Waals surface area contributed by atoms with Gasteiger partial charge in [-0.2, -0.15) is 12.7 Å². The van der Waals surface area contributed by atoms with Gasteiger partial charge in [0.1, 0.15) is 11.6 Å². The fourth-order valence-electron chi connectivity index (χ4n) is 3.71. The molecule has 2 fully saturated rings. The number of benzene rings is 1.